The van der Waals surface area contributed by atoms with Gasteiger partial charge in [0, 0.05) is 92.0 Å². The van der Waals surface area contributed by atoms with E-state index in [1.165, 1.54) is 7.11 Å². The van der Waals surface area contributed by atoms with Gasteiger partial charge in [0.25, 0.3) is 11.8 Å². The monoisotopic (exact) mass is 1510 g/mol. The van der Waals surface area contributed by atoms with Gasteiger partial charge in [0.15, 0.2) is 40.8 Å². The lowest BCUT2D eigenvalue weighted by molar-refractivity contribution is -0.133. The highest BCUT2D eigenvalue weighted by molar-refractivity contribution is 6.07. The van der Waals surface area contributed by atoms with Crippen LogP contribution >= 0.6 is 0 Å². The van der Waals surface area contributed by atoms with Crippen molar-refractivity contribution in [3.05, 3.63) is 166 Å². The van der Waals surface area contributed by atoms with Gasteiger partial charge in [-0.1, -0.05) is 97.9 Å². The summed E-state index contributed by atoms with van der Waals surface area (Å²) in [5.41, 5.74) is 9.71. The number of nitrogens with zero attached hydrogens (tertiary/aromatic N) is 7. The molecule has 1 unspecified atom stereocenters. The maximum Gasteiger partial charge on any atom is 0.416 e. The predicted octanol–water partition coefficient (Wildman–Crippen LogP) is 12.2. The van der Waals surface area contributed by atoms with E-state index >= 15 is 0 Å². The minimum Gasteiger partial charge on any atom is -0.497 e. The fourth-order valence-corrected chi connectivity index (χ4v) is 15.7. The van der Waals surface area contributed by atoms with Crippen LogP contribution in [0.15, 0.2) is 128 Å². The summed E-state index contributed by atoms with van der Waals surface area (Å²) in [6.07, 6.45) is 5.38. The van der Waals surface area contributed by atoms with Crippen LogP contribution in [-0.4, -0.2) is 155 Å². The van der Waals surface area contributed by atoms with Crippen molar-refractivity contribution in [1.29, 1.82) is 0 Å². The molecule has 5 atom stereocenters. The number of amides is 6. The molecule has 1 saturated carbocycles. The van der Waals surface area contributed by atoms with Crippen molar-refractivity contribution in [2.75, 3.05) is 57.4 Å². The standard InChI is InChI=1S/C86H97N9O16/c1-51(2)66(41-62(97)46-87-77(99)32-28-61(96)29-33-78(100)92-47-58-16-10-11-17-64(58)80-79(89-90-95(80)52(3)4)65-18-12-13-19-69(65)92)81(101)88-53(5)72(98)38-54-20-22-55(23-21-54)49-111-85(105)94-70-44-76(74(108-8)43-68(70)83(103)93-50-86(34-35-86)45-71(93)84(94)104)110-37-15-9-14-36-109-75-40-57-24-27-60-39-59(56-25-30-63(106-6)31-26-56)48-91(60)82(102)67(57)42-73(75)107-7/h10-13,16-23,25-26,30-31,40,42-44,48,51-53,60,66,71,84,104H,9,14-15,24,27-29,32-39,41,45-47,49-50H2,1-8H3,(H,87,99)(H,88,101)/t53-,60+,66-,71-,84?/m0/s1. The molecule has 111 heavy (non-hydrogen) atoms. The summed E-state index contributed by atoms with van der Waals surface area (Å²) >= 11 is 0. The van der Waals surface area contributed by atoms with Crippen LogP contribution in [0.2, 0.25) is 0 Å². The quantitative estimate of drug-likeness (QED) is 0.0340. The second-order valence-corrected chi connectivity index (χ2v) is 30.6. The zero-order valence-corrected chi connectivity index (χ0v) is 64.2. The highest BCUT2D eigenvalue weighted by Gasteiger charge is 2.58. The maximum atomic E-state index is 14.5. The number of aromatic nitrogens is 3. The van der Waals surface area contributed by atoms with Gasteiger partial charge in [0.05, 0.1) is 82.3 Å². The third-order valence-electron chi connectivity index (χ3n) is 22.3. The Morgan fingerprint density at radius 3 is 2.05 bits per heavy atom. The average Bonchev–Trinajstić information content (AvgIpc) is 1.62. The molecular weight excluding hydrogens is 1410 g/mol. The Labute approximate surface area is 645 Å². The number of rotatable bonds is 31. The van der Waals surface area contributed by atoms with E-state index in [9.17, 15) is 48.3 Å². The van der Waals surface area contributed by atoms with Crippen molar-refractivity contribution < 1.29 is 76.7 Å². The molecule has 25 heteroatoms. The molecule has 3 N–H and O–H groups in total. The van der Waals surface area contributed by atoms with Crippen LogP contribution in [0.5, 0.6) is 28.7 Å². The van der Waals surface area contributed by atoms with Gasteiger partial charge >= 0.3 is 6.09 Å². The Morgan fingerprint density at radius 2 is 1.35 bits per heavy atom. The lowest BCUT2D eigenvalue weighted by Gasteiger charge is -2.31. The molecular formula is C86H97N9O16. The predicted molar refractivity (Wildman–Crippen MR) is 414 cm³/mol. The third-order valence-corrected chi connectivity index (χ3v) is 22.3. The topological polar surface area (TPSA) is 297 Å². The SMILES string of the molecule is COc1ccc(C2=CN3C(=O)c4cc(OC)c(OCCCCCOc5cc6c(cc5OC)C(=O)N5CC7(CC7)C[C@H]5C(O)N6C(=O)OCc5ccc(CC(=O)[C@H](C)NC(=O)[C@@H](CC(=O)CNC(=O)CCC(=O)CCC(=O)N6Cc7ccccc7-c7c(nnn7C(C)C)-c7ccccc76)C(C)C)cc5)cc4CC[C@@H]3C2)cc1. The van der Waals surface area contributed by atoms with Crippen LogP contribution in [0.3, 0.4) is 0 Å². The number of Topliss-reactive ketones (excluding diaryl/α,β-unsaturated/α-hetero) is 3. The van der Waals surface area contributed by atoms with Crippen molar-refractivity contribution in [3.63, 3.8) is 0 Å². The number of aliphatic hydroxyl groups is 1. The van der Waals surface area contributed by atoms with E-state index in [4.69, 9.17) is 28.4 Å². The Bertz CT molecular complexity index is 4740. The second kappa shape index (κ2) is 34.0. The normalized spacial score (nSPS) is 17.6. The summed E-state index contributed by atoms with van der Waals surface area (Å²) in [6, 6.07) is 35.3. The summed E-state index contributed by atoms with van der Waals surface area (Å²) in [4.78, 5) is 130. The van der Waals surface area contributed by atoms with Gasteiger partial charge in [0.1, 0.15) is 23.8 Å². The van der Waals surface area contributed by atoms with E-state index in [-0.39, 0.29) is 140 Å². The van der Waals surface area contributed by atoms with E-state index in [0.29, 0.717) is 84.8 Å². The number of ketones is 3. The number of carbonyl (C=O) groups is 9. The first kappa shape index (κ1) is 77.9. The molecule has 6 aromatic carbocycles. The average molecular weight is 1510 g/mol. The van der Waals surface area contributed by atoms with Crippen LogP contribution in [-0.2, 0) is 59.5 Å². The van der Waals surface area contributed by atoms with Crippen molar-refractivity contribution >= 4 is 69.9 Å². The van der Waals surface area contributed by atoms with Crippen LogP contribution in [0, 0.1) is 17.3 Å². The van der Waals surface area contributed by atoms with Gasteiger partial charge in [-0.25, -0.2) is 14.4 Å². The Morgan fingerprint density at radius 1 is 0.676 bits per heavy atom. The number of para-hydroxylation sites is 1. The summed E-state index contributed by atoms with van der Waals surface area (Å²) in [5.74, 6) is -1.49. The fraction of sp³-hybridized carbons (Fsp3) is 0.430. The molecule has 0 bridgehead atoms. The van der Waals surface area contributed by atoms with E-state index in [1.807, 2.05) is 108 Å². The van der Waals surface area contributed by atoms with Crippen LogP contribution < -0.4 is 44.1 Å². The molecule has 5 aliphatic heterocycles. The fourth-order valence-electron chi connectivity index (χ4n) is 15.7. The smallest absolute Gasteiger partial charge is 0.416 e. The summed E-state index contributed by atoms with van der Waals surface area (Å²) in [5, 5.41) is 26.6. The first-order valence-corrected chi connectivity index (χ1v) is 38.5. The number of unbranched alkanes of at least 4 members (excludes halogenated alkanes) is 2. The maximum absolute atomic E-state index is 14.5. The first-order chi connectivity index (χ1) is 53.5. The number of methoxy groups -OCH3 is 3. The largest absolute Gasteiger partial charge is 0.497 e. The lowest BCUT2D eigenvalue weighted by Crippen LogP contribution is -2.50. The Kier molecular flexibility index (Phi) is 23.8. The zero-order chi connectivity index (χ0) is 78.4. The summed E-state index contributed by atoms with van der Waals surface area (Å²) in [7, 11) is 4.67. The number of carbonyl (C=O) groups excluding carboxylic acids is 9. The summed E-state index contributed by atoms with van der Waals surface area (Å²) < 4.78 is 37.3. The minimum absolute atomic E-state index is 0.0316. The van der Waals surface area contributed by atoms with Crippen LogP contribution in [0.4, 0.5) is 16.2 Å². The molecule has 13 rings (SSSR count). The molecule has 1 spiro atoms. The number of nitrogens with one attached hydrogen (secondary N) is 2. The molecule has 1 aliphatic carbocycles. The van der Waals surface area contributed by atoms with E-state index in [2.05, 4.69) is 20.9 Å². The number of anilines is 2. The number of fused-ring (bicyclic) bond motifs is 9. The van der Waals surface area contributed by atoms with Crippen molar-refractivity contribution in [2.45, 2.75) is 174 Å². The van der Waals surface area contributed by atoms with Gasteiger partial charge in [-0.3, -0.25) is 38.4 Å². The first-order valence-electron chi connectivity index (χ1n) is 38.5. The number of aliphatic hydroxyl groups excluding tert-OH is 1. The number of benzene rings is 6. The highest BCUT2D eigenvalue weighted by Crippen LogP contribution is 2.57. The molecule has 6 amide bonds. The minimum atomic E-state index is -1.46. The van der Waals surface area contributed by atoms with Gasteiger partial charge in [-0.15, -0.1) is 5.10 Å². The van der Waals surface area contributed by atoms with Gasteiger partial charge in [0.2, 0.25) is 17.7 Å². The number of aryl methyl sites for hydroxylation is 1. The third kappa shape index (κ3) is 17.2. The van der Waals surface area contributed by atoms with E-state index < -0.39 is 47.9 Å². The molecule has 1 saturated heterocycles. The zero-order valence-electron chi connectivity index (χ0n) is 64.2. The molecule has 7 aromatic rings. The lowest BCUT2D eigenvalue weighted by atomic mass is 9.89. The van der Waals surface area contributed by atoms with E-state index in [0.717, 1.165) is 75.4 Å². The van der Waals surface area contributed by atoms with Crippen molar-refractivity contribution in [1.82, 2.24) is 35.4 Å². The van der Waals surface area contributed by atoms with Gasteiger partial charge in [-0.05, 0) is 160 Å². The number of hydrogen-bond acceptors (Lipinski definition) is 18. The van der Waals surface area contributed by atoms with Crippen LogP contribution in [0.25, 0.3) is 28.1 Å². The highest BCUT2D eigenvalue weighted by atomic mass is 16.6. The molecule has 2 fully saturated rings. The van der Waals surface area contributed by atoms with Crippen molar-refractivity contribution in [2.24, 2.45) is 17.3 Å². The van der Waals surface area contributed by atoms with Crippen molar-refractivity contribution in [3.8, 4) is 51.3 Å². The number of hydrogen-bond donors (Lipinski definition) is 3. The molecule has 25 nitrogen and oxygen atoms in total. The molecule has 582 valence electrons. The molecule has 6 heterocycles. The van der Waals surface area contributed by atoms with Gasteiger partial charge < -0.3 is 58.9 Å². The Hall–Kier alpha value is -11.2. The second-order valence-electron chi connectivity index (χ2n) is 30.6. The van der Waals surface area contributed by atoms with E-state index in [1.54, 1.807) is 87.3 Å². The van der Waals surface area contributed by atoms with Crippen LogP contribution in [0.1, 0.15) is 173 Å². The Balaban J connectivity index is 0.556. The summed E-state index contributed by atoms with van der Waals surface area (Å²) in [6.45, 7) is 9.94. The molecule has 6 aliphatic rings. The van der Waals surface area contributed by atoms with Gasteiger partial charge in [-0.2, -0.15) is 0 Å². The molecule has 1 aromatic heterocycles. The molecule has 0 radical (unpaired) electrons. The number of ether oxygens (including phenoxy) is 6.